The van der Waals surface area contributed by atoms with Crippen molar-refractivity contribution in [2.75, 3.05) is 26.2 Å². The molecule has 0 spiro atoms. The summed E-state index contributed by atoms with van der Waals surface area (Å²) in [6.07, 6.45) is 10.8. The van der Waals surface area contributed by atoms with Crippen molar-refractivity contribution >= 4 is 0 Å². The van der Waals surface area contributed by atoms with Crippen LogP contribution in [0, 0.1) is 5.92 Å². The molecule has 1 aliphatic carbocycles. The maximum absolute atomic E-state index is 2.39. The standard InChI is InChI=1S/C16H30N/c1-5-11-17(12-6-2,13-7-3)14-16-10-8-9-15(16)4/h8-10,16H,5-7,11-14H2,1-4H3/q+1. The lowest BCUT2D eigenvalue weighted by atomic mass is 10.0. The molecule has 1 aliphatic rings. The Bertz CT molecular complexity index is 258. The van der Waals surface area contributed by atoms with Gasteiger partial charge < -0.3 is 4.48 Å². The van der Waals surface area contributed by atoms with Crippen LogP contribution >= 0.6 is 0 Å². The van der Waals surface area contributed by atoms with Crippen molar-refractivity contribution in [1.82, 2.24) is 0 Å². The first-order chi connectivity index (χ1) is 8.17. The second-order valence-electron chi connectivity index (χ2n) is 5.60. The van der Waals surface area contributed by atoms with E-state index in [-0.39, 0.29) is 0 Å². The van der Waals surface area contributed by atoms with E-state index < -0.39 is 0 Å². The second-order valence-corrected chi connectivity index (χ2v) is 5.60. The number of nitrogens with zero attached hydrogens (tertiary/aromatic N) is 1. The highest BCUT2D eigenvalue weighted by Gasteiger charge is 2.29. The first-order valence-electron chi connectivity index (χ1n) is 7.37. The van der Waals surface area contributed by atoms with Crippen LogP contribution in [0.3, 0.4) is 0 Å². The SMILES string of the molecule is CCC[N+](CCC)(CCC)CC1C=CC=C1C. The van der Waals surface area contributed by atoms with E-state index in [0.29, 0.717) is 5.92 Å². The molecule has 0 aromatic rings. The lowest BCUT2D eigenvalue weighted by molar-refractivity contribution is -0.930. The molecule has 1 rings (SSSR count). The van der Waals surface area contributed by atoms with E-state index in [4.69, 9.17) is 0 Å². The molecule has 0 amide bonds. The van der Waals surface area contributed by atoms with Crippen molar-refractivity contribution in [3.8, 4) is 0 Å². The summed E-state index contributed by atoms with van der Waals surface area (Å²) < 4.78 is 1.32. The first-order valence-corrected chi connectivity index (χ1v) is 7.37. The number of allylic oxidation sites excluding steroid dienone is 2. The van der Waals surface area contributed by atoms with Crippen molar-refractivity contribution in [3.05, 3.63) is 23.8 Å². The van der Waals surface area contributed by atoms with Gasteiger partial charge >= 0.3 is 0 Å². The zero-order valence-electron chi connectivity index (χ0n) is 12.2. The van der Waals surface area contributed by atoms with E-state index in [9.17, 15) is 0 Å². The van der Waals surface area contributed by atoms with E-state index in [1.165, 1.54) is 49.9 Å². The lowest BCUT2D eigenvalue weighted by Gasteiger charge is -2.40. The molecular weight excluding hydrogens is 206 g/mol. The maximum Gasteiger partial charge on any atom is 0.0888 e. The van der Waals surface area contributed by atoms with Crippen LogP contribution in [0.25, 0.3) is 0 Å². The zero-order chi connectivity index (χ0) is 12.7. The van der Waals surface area contributed by atoms with Crippen molar-refractivity contribution in [2.24, 2.45) is 5.92 Å². The number of rotatable bonds is 8. The third-order valence-corrected chi connectivity index (χ3v) is 3.97. The van der Waals surface area contributed by atoms with Crippen LogP contribution in [0.5, 0.6) is 0 Å². The van der Waals surface area contributed by atoms with Crippen LogP contribution < -0.4 is 0 Å². The Morgan fingerprint density at radius 1 is 1.00 bits per heavy atom. The highest BCUT2D eigenvalue weighted by molar-refractivity contribution is 5.25. The molecule has 17 heavy (non-hydrogen) atoms. The molecule has 98 valence electrons. The van der Waals surface area contributed by atoms with Crippen LogP contribution in [0.15, 0.2) is 23.8 Å². The van der Waals surface area contributed by atoms with Gasteiger partial charge in [-0.1, -0.05) is 44.6 Å². The summed E-state index contributed by atoms with van der Waals surface area (Å²) in [5.74, 6) is 0.694. The molecule has 0 saturated heterocycles. The quantitative estimate of drug-likeness (QED) is 0.555. The van der Waals surface area contributed by atoms with Gasteiger partial charge in [0.1, 0.15) is 0 Å². The summed E-state index contributed by atoms with van der Waals surface area (Å²) in [5, 5.41) is 0. The molecule has 1 unspecified atom stereocenters. The van der Waals surface area contributed by atoms with E-state index in [1.807, 2.05) is 0 Å². The predicted octanol–water partition coefficient (Wildman–Crippen LogP) is 4.17. The molecule has 0 radical (unpaired) electrons. The average molecular weight is 236 g/mol. The monoisotopic (exact) mass is 236 g/mol. The summed E-state index contributed by atoms with van der Waals surface area (Å²) >= 11 is 0. The summed E-state index contributed by atoms with van der Waals surface area (Å²) in [4.78, 5) is 0. The van der Waals surface area contributed by atoms with Crippen LogP contribution in [0.1, 0.15) is 47.0 Å². The molecule has 1 nitrogen and oxygen atoms in total. The Balaban J connectivity index is 2.72. The maximum atomic E-state index is 2.39. The summed E-state index contributed by atoms with van der Waals surface area (Å²) in [6.45, 7) is 14.6. The Hall–Kier alpha value is -0.560. The van der Waals surface area contributed by atoms with Gasteiger partial charge in [-0.25, -0.2) is 0 Å². The zero-order valence-corrected chi connectivity index (χ0v) is 12.2. The van der Waals surface area contributed by atoms with Crippen LogP contribution in [0.4, 0.5) is 0 Å². The highest BCUT2D eigenvalue weighted by Crippen LogP contribution is 2.24. The average Bonchev–Trinajstić information content (AvgIpc) is 2.65. The summed E-state index contributed by atoms with van der Waals surface area (Å²) in [5.41, 5.74) is 1.55. The summed E-state index contributed by atoms with van der Waals surface area (Å²) in [7, 11) is 0. The number of quaternary nitrogens is 1. The van der Waals surface area contributed by atoms with Gasteiger partial charge in [-0.2, -0.15) is 0 Å². The van der Waals surface area contributed by atoms with E-state index in [2.05, 4.69) is 45.9 Å². The molecule has 0 aromatic heterocycles. The largest absolute Gasteiger partial charge is 0.323 e. The minimum atomic E-state index is 0.694. The molecule has 1 atom stereocenters. The third kappa shape index (κ3) is 3.99. The van der Waals surface area contributed by atoms with Crippen molar-refractivity contribution in [2.45, 2.75) is 47.0 Å². The van der Waals surface area contributed by atoms with E-state index >= 15 is 0 Å². The lowest BCUT2D eigenvalue weighted by Crippen LogP contribution is -2.52. The molecular formula is C16H30N+. The topological polar surface area (TPSA) is 0 Å². The van der Waals surface area contributed by atoms with Gasteiger partial charge in [-0.15, -0.1) is 0 Å². The molecule has 0 heterocycles. The van der Waals surface area contributed by atoms with Gasteiger partial charge in [0.25, 0.3) is 0 Å². The van der Waals surface area contributed by atoms with Crippen molar-refractivity contribution in [3.63, 3.8) is 0 Å². The minimum absolute atomic E-state index is 0.694. The van der Waals surface area contributed by atoms with Crippen LogP contribution in [0.2, 0.25) is 0 Å². The molecule has 1 heteroatoms. The molecule has 0 bridgehead atoms. The highest BCUT2D eigenvalue weighted by atomic mass is 15.3. The fourth-order valence-corrected chi connectivity index (χ4v) is 3.27. The predicted molar refractivity (Wildman–Crippen MR) is 77.0 cm³/mol. The third-order valence-electron chi connectivity index (χ3n) is 3.97. The molecule has 0 aliphatic heterocycles. The Morgan fingerprint density at radius 3 is 1.88 bits per heavy atom. The fourth-order valence-electron chi connectivity index (χ4n) is 3.27. The van der Waals surface area contributed by atoms with Crippen molar-refractivity contribution in [1.29, 1.82) is 0 Å². The van der Waals surface area contributed by atoms with E-state index in [0.717, 1.165) is 0 Å². The van der Waals surface area contributed by atoms with Gasteiger partial charge in [-0.05, 0) is 26.2 Å². The molecule has 0 aromatic carbocycles. The number of hydrogen-bond acceptors (Lipinski definition) is 0. The van der Waals surface area contributed by atoms with Gasteiger partial charge in [0.15, 0.2) is 0 Å². The van der Waals surface area contributed by atoms with Gasteiger partial charge in [0.05, 0.1) is 26.2 Å². The van der Waals surface area contributed by atoms with Crippen molar-refractivity contribution < 1.29 is 4.48 Å². The first kappa shape index (κ1) is 14.5. The molecule has 0 N–H and O–H groups in total. The Kier molecular flexibility index (Phi) is 5.97. The molecule has 0 fully saturated rings. The van der Waals surface area contributed by atoms with Gasteiger partial charge in [0, 0.05) is 5.92 Å². The second kappa shape index (κ2) is 7.00. The smallest absolute Gasteiger partial charge is 0.0888 e. The minimum Gasteiger partial charge on any atom is -0.323 e. The van der Waals surface area contributed by atoms with Crippen LogP contribution in [-0.2, 0) is 0 Å². The number of hydrogen-bond donors (Lipinski definition) is 0. The Morgan fingerprint density at radius 2 is 1.53 bits per heavy atom. The Labute approximate surface area is 108 Å². The normalized spacial score (nSPS) is 19.8. The molecule has 0 saturated carbocycles. The van der Waals surface area contributed by atoms with E-state index in [1.54, 1.807) is 5.57 Å². The van der Waals surface area contributed by atoms with Gasteiger partial charge in [0.2, 0.25) is 0 Å². The fraction of sp³-hybridized carbons (Fsp3) is 0.750. The van der Waals surface area contributed by atoms with Crippen LogP contribution in [-0.4, -0.2) is 30.7 Å². The summed E-state index contributed by atoms with van der Waals surface area (Å²) in [6, 6.07) is 0. The van der Waals surface area contributed by atoms with Gasteiger partial charge in [-0.3, -0.25) is 0 Å².